The average molecular weight is 276 g/mol. The van der Waals surface area contributed by atoms with Gasteiger partial charge in [-0.05, 0) is 30.7 Å². The minimum atomic E-state index is -0.664. The molecule has 20 heavy (non-hydrogen) atoms. The number of phenolic OH excluding ortho intramolecular Hbond substituents is 1. The third-order valence-corrected chi connectivity index (χ3v) is 2.80. The number of hydrogen-bond donors (Lipinski definition) is 3. The Hall–Kier alpha value is -2.56. The molecule has 5 heteroatoms. The second kappa shape index (κ2) is 5.21. The van der Waals surface area contributed by atoms with Crippen LogP contribution >= 0.6 is 0 Å². The van der Waals surface area contributed by atoms with E-state index in [4.69, 9.17) is 5.73 Å². The van der Waals surface area contributed by atoms with Crippen molar-refractivity contribution in [3.05, 3.63) is 59.7 Å². The van der Waals surface area contributed by atoms with Crippen LogP contribution in [0.2, 0.25) is 0 Å². The van der Waals surface area contributed by atoms with Gasteiger partial charge in [-0.2, -0.15) is 0 Å². The van der Waals surface area contributed by atoms with Gasteiger partial charge in [0.25, 0.3) is 0 Å². The molecule has 3 nitrogen and oxygen atoms in total. The third-order valence-electron chi connectivity index (χ3n) is 2.80. The summed E-state index contributed by atoms with van der Waals surface area (Å²) >= 11 is 0. The second-order valence-corrected chi connectivity index (χ2v) is 4.48. The van der Waals surface area contributed by atoms with Crippen LogP contribution in [0.15, 0.2) is 36.9 Å². The fourth-order valence-corrected chi connectivity index (χ4v) is 1.90. The van der Waals surface area contributed by atoms with Crippen LogP contribution in [0.25, 0.3) is 5.70 Å². The summed E-state index contributed by atoms with van der Waals surface area (Å²) in [6.07, 6.45) is 0. The summed E-state index contributed by atoms with van der Waals surface area (Å²) in [6.45, 7) is 5.27. The van der Waals surface area contributed by atoms with Crippen molar-refractivity contribution >= 4 is 17.1 Å². The van der Waals surface area contributed by atoms with Crippen LogP contribution < -0.4 is 11.1 Å². The normalized spacial score (nSPS) is 10.3. The summed E-state index contributed by atoms with van der Waals surface area (Å²) < 4.78 is 27.2. The molecule has 0 radical (unpaired) electrons. The predicted octanol–water partition coefficient (Wildman–Crippen LogP) is 3.65. The number of benzene rings is 2. The first-order chi connectivity index (χ1) is 9.38. The molecule has 0 atom stereocenters. The van der Waals surface area contributed by atoms with Crippen molar-refractivity contribution in [3.8, 4) is 5.75 Å². The highest BCUT2D eigenvalue weighted by atomic mass is 19.1. The lowest BCUT2D eigenvalue weighted by Crippen LogP contribution is -2.03. The van der Waals surface area contributed by atoms with Gasteiger partial charge in [0, 0.05) is 11.8 Å². The quantitative estimate of drug-likeness (QED) is 0.802. The maximum atomic E-state index is 13.8. The van der Waals surface area contributed by atoms with E-state index in [-0.39, 0.29) is 28.4 Å². The van der Waals surface area contributed by atoms with Crippen molar-refractivity contribution < 1.29 is 13.9 Å². The first-order valence-corrected chi connectivity index (χ1v) is 5.89. The van der Waals surface area contributed by atoms with E-state index in [9.17, 15) is 13.9 Å². The van der Waals surface area contributed by atoms with Crippen molar-refractivity contribution in [3.63, 3.8) is 0 Å². The molecule has 0 heterocycles. The molecule has 0 saturated carbocycles. The van der Waals surface area contributed by atoms with E-state index in [0.717, 1.165) is 17.7 Å². The van der Waals surface area contributed by atoms with Gasteiger partial charge in [-0.25, -0.2) is 8.78 Å². The van der Waals surface area contributed by atoms with E-state index < -0.39 is 11.6 Å². The minimum absolute atomic E-state index is 0.0533. The maximum absolute atomic E-state index is 13.8. The third kappa shape index (κ3) is 2.71. The summed E-state index contributed by atoms with van der Waals surface area (Å²) in [5.74, 6) is -1.50. The van der Waals surface area contributed by atoms with Crippen molar-refractivity contribution in [1.29, 1.82) is 0 Å². The Morgan fingerprint density at radius 3 is 2.50 bits per heavy atom. The zero-order chi connectivity index (χ0) is 14.9. The number of hydrogen-bond acceptors (Lipinski definition) is 3. The number of phenols is 1. The number of nitrogens with one attached hydrogen (secondary N) is 1. The lowest BCUT2D eigenvalue weighted by molar-refractivity contribution is 0.468. The number of halogens is 2. The first kappa shape index (κ1) is 13.9. The van der Waals surface area contributed by atoms with Gasteiger partial charge in [-0.3, -0.25) is 0 Å². The monoisotopic (exact) mass is 276 g/mol. The molecule has 0 aliphatic carbocycles. The lowest BCUT2D eigenvalue weighted by atomic mass is 10.1. The Bertz CT molecular complexity index is 684. The molecule has 2 aromatic carbocycles. The zero-order valence-electron chi connectivity index (χ0n) is 10.9. The van der Waals surface area contributed by atoms with Crippen LogP contribution in [-0.4, -0.2) is 5.11 Å². The van der Waals surface area contributed by atoms with Crippen molar-refractivity contribution in [2.45, 2.75) is 6.92 Å². The molecule has 0 fully saturated rings. The Balaban J connectivity index is 2.50. The first-order valence-electron chi connectivity index (χ1n) is 5.89. The number of nitrogens with two attached hydrogens (primary N) is 1. The number of aryl methyl sites for hydroxylation is 1. The number of anilines is 2. The Labute approximate surface area is 115 Å². The highest BCUT2D eigenvalue weighted by molar-refractivity contribution is 5.80. The van der Waals surface area contributed by atoms with Crippen molar-refractivity contribution in [2.75, 3.05) is 5.32 Å². The molecule has 0 bridgehead atoms. The Kier molecular flexibility index (Phi) is 3.61. The summed E-state index contributed by atoms with van der Waals surface area (Å²) in [4.78, 5) is 0. The highest BCUT2D eigenvalue weighted by Crippen LogP contribution is 2.33. The molecule has 2 rings (SSSR count). The van der Waals surface area contributed by atoms with E-state index in [1.807, 2.05) is 0 Å². The van der Waals surface area contributed by atoms with Crippen LogP contribution in [0.4, 0.5) is 20.2 Å². The molecule has 0 aliphatic heterocycles. The fraction of sp³-hybridized carbons (Fsp3) is 0.0667. The van der Waals surface area contributed by atoms with Crippen LogP contribution in [0.1, 0.15) is 11.1 Å². The molecule has 0 unspecified atom stereocenters. The van der Waals surface area contributed by atoms with Crippen LogP contribution in [-0.2, 0) is 0 Å². The van der Waals surface area contributed by atoms with Gasteiger partial charge < -0.3 is 16.2 Å². The van der Waals surface area contributed by atoms with Gasteiger partial charge in [-0.15, -0.1) is 0 Å². The second-order valence-electron chi connectivity index (χ2n) is 4.48. The van der Waals surface area contributed by atoms with E-state index in [1.165, 1.54) is 12.1 Å². The van der Waals surface area contributed by atoms with E-state index in [1.54, 1.807) is 13.0 Å². The molecule has 0 spiro atoms. The minimum Gasteiger partial charge on any atom is -0.507 e. The molecular formula is C15H14F2N2O. The topological polar surface area (TPSA) is 58.3 Å². The van der Waals surface area contributed by atoms with Gasteiger partial charge in [0.2, 0.25) is 0 Å². The molecule has 0 saturated heterocycles. The SMILES string of the molecule is C=C(N)c1c(O)cc(F)cc1Nc1ccc(C)cc1F. The smallest absolute Gasteiger partial charge is 0.146 e. The number of rotatable bonds is 3. The molecule has 4 N–H and O–H groups in total. The largest absolute Gasteiger partial charge is 0.507 e. The highest BCUT2D eigenvalue weighted by Gasteiger charge is 2.13. The van der Waals surface area contributed by atoms with E-state index >= 15 is 0 Å². The predicted molar refractivity (Wildman–Crippen MR) is 75.7 cm³/mol. The molecule has 104 valence electrons. The summed E-state index contributed by atoms with van der Waals surface area (Å²) in [5.41, 5.74) is 6.84. The zero-order valence-corrected chi connectivity index (χ0v) is 10.9. The van der Waals surface area contributed by atoms with Crippen molar-refractivity contribution in [2.24, 2.45) is 5.73 Å². The maximum Gasteiger partial charge on any atom is 0.146 e. The molecule has 0 amide bonds. The van der Waals surface area contributed by atoms with Crippen molar-refractivity contribution in [1.82, 2.24) is 0 Å². The summed E-state index contributed by atoms with van der Waals surface area (Å²) in [7, 11) is 0. The van der Waals surface area contributed by atoms with Crippen LogP contribution in [0, 0.1) is 18.6 Å². The lowest BCUT2D eigenvalue weighted by Gasteiger charge is -2.14. The van der Waals surface area contributed by atoms with Crippen LogP contribution in [0.5, 0.6) is 5.75 Å². The summed E-state index contributed by atoms with van der Waals surface area (Å²) in [6, 6.07) is 6.62. The van der Waals surface area contributed by atoms with E-state index in [2.05, 4.69) is 11.9 Å². The fourth-order valence-electron chi connectivity index (χ4n) is 1.90. The van der Waals surface area contributed by atoms with Gasteiger partial charge in [-0.1, -0.05) is 12.6 Å². The van der Waals surface area contributed by atoms with Gasteiger partial charge in [0.05, 0.1) is 16.9 Å². The summed E-state index contributed by atoms with van der Waals surface area (Å²) in [5, 5.41) is 12.4. The van der Waals surface area contributed by atoms with Gasteiger partial charge in [0.1, 0.15) is 17.4 Å². The molecule has 0 aromatic heterocycles. The van der Waals surface area contributed by atoms with Crippen LogP contribution in [0.3, 0.4) is 0 Å². The van der Waals surface area contributed by atoms with E-state index in [0.29, 0.717) is 0 Å². The Morgan fingerprint density at radius 1 is 1.20 bits per heavy atom. The molecule has 0 aliphatic rings. The van der Waals surface area contributed by atoms with Gasteiger partial charge >= 0.3 is 0 Å². The number of aromatic hydroxyl groups is 1. The average Bonchev–Trinajstić information content (AvgIpc) is 2.31. The molecule has 2 aromatic rings. The van der Waals surface area contributed by atoms with Gasteiger partial charge in [0.15, 0.2) is 0 Å². The molecular weight excluding hydrogens is 262 g/mol. The Morgan fingerprint density at radius 2 is 1.90 bits per heavy atom. The standard InChI is InChI=1S/C15H14F2N2O/c1-8-3-4-12(11(17)5-8)19-13-6-10(16)7-14(20)15(13)9(2)18/h3-7,19-20H,2,18H2,1H3.